The zero-order valence-electron chi connectivity index (χ0n) is 10.3. The molecule has 1 heterocycles. The fourth-order valence-electron chi connectivity index (χ4n) is 1.13. The molecule has 96 valence electrons. The van der Waals surface area contributed by atoms with Crippen molar-refractivity contribution in [3.05, 3.63) is 12.3 Å². The predicted octanol–water partition coefficient (Wildman–Crippen LogP) is -0.248. The molecule has 1 aromatic rings. The highest BCUT2D eigenvalue weighted by atomic mass is 16.5. The lowest BCUT2D eigenvalue weighted by molar-refractivity contribution is 0.126. The minimum atomic E-state index is 0.392. The second kappa shape index (κ2) is 7.77. The first kappa shape index (κ1) is 13.6. The van der Waals surface area contributed by atoms with Crippen LogP contribution in [0.5, 0.6) is 0 Å². The Morgan fingerprint density at radius 3 is 2.94 bits per heavy atom. The Kier molecular flexibility index (Phi) is 6.23. The minimum Gasteiger partial charge on any atom is -0.378 e. The van der Waals surface area contributed by atoms with Crippen LogP contribution in [0.4, 0.5) is 11.8 Å². The van der Waals surface area contributed by atoms with E-state index < -0.39 is 0 Å². The third-order valence-electron chi connectivity index (χ3n) is 2.02. The van der Waals surface area contributed by atoms with Crippen LogP contribution in [-0.2, 0) is 4.74 Å². The summed E-state index contributed by atoms with van der Waals surface area (Å²) in [4.78, 5) is 10.1. The highest BCUT2D eigenvalue weighted by Crippen LogP contribution is 2.03. The van der Waals surface area contributed by atoms with Crippen molar-refractivity contribution in [1.82, 2.24) is 14.9 Å². The van der Waals surface area contributed by atoms with Crippen LogP contribution in [0, 0.1) is 0 Å². The fourth-order valence-corrected chi connectivity index (χ4v) is 1.13. The van der Waals surface area contributed by atoms with Crippen molar-refractivity contribution in [3.63, 3.8) is 0 Å². The molecule has 0 saturated heterocycles. The summed E-state index contributed by atoms with van der Waals surface area (Å²) in [7, 11) is 4.04. The summed E-state index contributed by atoms with van der Waals surface area (Å²) in [6.07, 6.45) is 1.64. The lowest BCUT2D eigenvalue weighted by atomic mass is 10.5. The number of aromatic nitrogens is 2. The average molecular weight is 240 g/mol. The maximum absolute atomic E-state index is 5.43. The summed E-state index contributed by atoms with van der Waals surface area (Å²) in [5.41, 5.74) is 2.39. The molecule has 0 aliphatic heterocycles. The van der Waals surface area contributed by atoms with Gasteiger partial charge in [-0.1, -0.05) is 0 Å². The van der Waals surface area contributed by atoms with Crippen LogP contribution in [-0.4, -0.2) is 55.3 Å². The van der Waals surface area contributed by atoms with Gasteiger partial charge in [0.1, 0.15) is 5.82 Å². The minimum absolute atomic E-state index is 0.392. The van der Waals surface area contributed by atoms with E-state index >= 15 is 0 Å². The van der Waals surface area contributed by atoms with Gasteiger partial charge in [0.2, 0.25) is 5.95 Å². The molecule has 17 heavy (non-hydrogen) atoms. The summed E-state index contributed by atoms with van der Waals surface area (Å²) in [6.45, 7) is 3.00. The fraction of sp³-hybridized carbons (Fsp3) is 0.600. The van der Waals surface area contributed by atoms with Gasteiger partial charge in [0, 0.05) is 19.3 Å². The van der Waals surface area contributed by atoms with Gasteiger partial charge in [0.05, 0.1) is 13.2 Å². The number of likely N-dealkylation sites (N-methyl/N-ethyl adjacent to an activating group) is 1. The van der Waals surface area contributed by atoms with Crippen molar-refractivity contribution >= 4 is 11.8 Å². The molecule has 7 nitrogen and oxygen atoms in total. The number of nitrogens with one attached hydrogen (secondary N) is 2. The van der Waals surface area contributed by atoms with Crippen LogP contribution in [0.15, 0.2) is 12.3 Å². The first-order valence-corrected chi connectivity index (χ1v) is 5.48. The maximum atomic E-state index is 5.43. The Labute approximate surface area is 101 Å². The van der Waals surface area contributed by atoms with E-state index in [-0.39, 0.29) is 0 Å². The number of rotatable bonds is 8. The highest BCUT2D eigenvalue weighted by Gasteiger charge is 1.96. The van der Waals surface area contributed by atoms with E-state index in [0.29, 0.717) is 19.1 Å². The standard InChI is InChI=1S/C10H20N6O/c1-16(2)6-8-17-7-5-12-9-3-4-13-10(14-9)15-11/h3-4H,5-8,11H2,1-2H3,(H2,12,13,14,15). The van der Waals surface area contributed by atoms with Gasteiger partial charge in [0.15, 0.2) is 0 Å². The quantitative estimate of drug-likeness (QED) is 0.328. The van der Waals surface area contributed by atoms with Gasteiger partial charge >= 0.3 is 0 Å². The Balaban J connectivity index is 2.13. The third kappa shape index (κ3) is 6.00. The van der Waals surface area contributed by atoms with Crippen molar-refractivity contribution in [2.45, 2.75) is 0 Å². The monoisotopic (exact) mass is 240 g/mol. The second-order valence-corrected chi connectivity index (χ2v) is 3.75. The lowest BCUT2D eigenvalue weighted by Crippen LogP contribution is -2.20. The van der Waals surface area contributed by atoms with Crippen LogP contribution >= 0.6 is 0 Å². The molecule has 0 fully saturated rings. The molecule has 0 aliphatic rings. The molecular formula is C10H20N6O. The van der Waals surface area contributed by atoms with Gasteiger partial charge < -0.3 is 15.0 Å². The van der Waals surface area contributed by atoms with E-state index in [1.165, 1.54) is 0 Å². The smallest absolute Gasteiger partial charge is 0.239 e. The van der Waals surface area contributed by atoms with Gasteiger partial charge in [-0.2, -0.15) is 4.98 Å². The molecule has 0 atom stereocenters. The normalized spacial score (nSPS) is 10.6. The number of nitrogens with zero attached hydrogens (tertiary/aromatic N) is 3. The molecule has 1 aromatic heterocycles. The molecule has 0 saturated carbocycles. The number of nitrogens with two attached hydrogens (primary N) is 1. The largest absolute Gasteiger partial charge is 0.378 e. The van der Waals surface area contributed by atoms with Gasteiger partial charge in [0.25, 0.3) is 0 Å². The number of hydrogen-bond acceptors (Lipinski definition) is 7. The summed E-state index contributed by atoms with van der Waals surface area (Å²) in [6, 6.07) is 1.78. The molecule has 0 unspecified atom stereocenters. The average Bonchev–Trinajstić information content (AvgIpc) is 2.33. The predicted molar refractivity (Wildman–Crippen MR) is 67.7 cm³/mol. The van der Waals surface area contributed by atoms with Crippen LogP contribution in [0.25, 0.3) is 0 Å². The van der Waals surface area contributed by atoms with E-state index in [9.17, 15) is 0 Å². The topological polar surface area (TPSA) is 88.3 Å². The molecule has 0 aromatic carbocycles. The second-order valence-electron chi connectivity index (χ2n) is 3.75. The molecule has 0 spiro atoms. The van der Waals surface area contributed by atoms with Gasteiger partial charge in [-0.15, -0.1) is 0 Å². The lowest BCUT2D eigenvalue weighted by Gasteiger charge is -2.10. The molecule has 4 N–H and O–H groups in total. The van der Waals surface area contributed by atoms with Crippen LogP contribution in [0.1, 0.15) is 0 Å². The van der Waals surface area contributed by atoms with Crippen molar-refractivity contribution in [3.8, 4) is 0 Å². The zero-order chi connectivity index (χ0) is 12.5. The summed E-state index contributed by atoms with van der Waals surface area (Å²) in [5, 5.41) is 3.12. The van der Waals surface area contributed by atoms with Crippen molar-refractivity contribution in [2.24, 2.45) is 5.84 Å². The molecule has 0 aliphatic carbocycles. The third-order valence-corrected chi connectivity index (χ3v) is 2.02. The summed E-state index contributed by atoms with van der Waals surface area (Å²) < 4.78 is 5.43. The van der Waals surface area contributed by atoms with Gasteiger partial charge in [-0.3, -0.25) is 5.43 Å². The van der Waals surface area contributed by atoms with E-state index in [1.54, 1.807) is 12.3 Å². The van der Waals surface area contributed by atoms with Gasteiger partial charge in [-0.05, 0) is 20.2 Å². The first-order valence-electron chi connectivity index (χ1n) is 5.48. The molecule has 0 bridgehead atoms. The highest BCUT2D eigenvalue weighted by molar-refractivity contribution is 5.38. The molecule has 0 radical (unpaired) electrons. The van der Waals surface area contributed by atoms with Crippen molar-refractivity contribution < 1.29 is 4.74 Å². The summed E-state index contributed by atoms with van der Waals surface area (Å²) >= 11 is 0. The number of anilines is 2. The zero-order valence-corrected chi connectivity index (χ0v) is 10.3. The van der Waals surface area contributed by atoms with E-state index in [1.807, 2.05) is 14.1 Å². The number of hydrogen-bond donors (Lipinski definition) is 3. The van der Waals surface area contributed by atoms with Crippen LogP contribution in [0.2, 0.25) is 0 Å². The number of hydrazine groups is 1. The molecule has 1 rings (SSSR count). The number of ether oxygens (including phenoxy) is 1. The van der Waals surface area contributed by atoms with Crippen molar-refractivity contribution in [2.75, 3.05) is 51.1 Å². The first-order chi connectivity index (χ1) is 8.22. The Morgan fingerprint density at radius 1 is 1.41 bits per heavy atom. The molecular weight excluding hydrogens is 220 g/mol. The van der Waals surface area contributed by atoms with Gasteiger partial charge in [-0.25, -0.2) is 10.8 Å². The molecule has 0 amide bonds. The SMILES string of the molecule is CN(C)CCOCCNc1ccnc(NN)n1. The van der Waals surface area contributed by atoms with Crippen LogP contribution in [0.3, 0.4) is 0 Å². The Bertz CT molecular complexity index is 319. The molecule has 7 heteroatoms. The maximum Gasteiger partial charge on any atom is 0.239 e. The summed E-state index contributed by atoms with van der Waals surface area (Å²) in [5.74, 6) is 6.33. The van der Waals surface area contributed by atoms with E-state index in [0.717, 1.165) is 19.0 Å². The number of nitrogen functional groups attached to an aromatic ring is 1. The Morgan fingerprint density at radius 2 is 2.24 bits per heavy atom. The van der Waals surface area contributed by atoms with Crippen molar-refractivity contribution in [1.29, 1.82) is 0 Å². The van der Waals surface area contributed by atoms with E-state index in [4.69, 9.17) is 10.6 Å². The van der Waals surface area contributed by atoms with Crippen LogP contribution < -0.4 is 16.6 Å². The van der Waals surface area contributed by atoms with E-state index in [2.05, 4.69) is 25.6 Å². The Hall–Kier alpha value is -1.44.